The van der Waals surface area contributed by atoms with Crippen molar-refractivity contribution in [3.63, 3.8) is 0 Å². The molecule has 5 N–H and O–H groups in total. The molecule has 3 heterocycles. The number of hydrogen-bond donors (Lipinski definition) is 5. The minimum absolute atomic E-state index is 0. The minimum Gasteiger partial charge on any atom is -0.497 e. The van der Waals surface area contributed by atoms with E-state index in [1.165, 1.54) is 11.9 Å². The molecule has 1 aliphatic heterocycles. The molecule has 13 nitrogen and oxygen atoms in total. The number of ether oxygens (including phenoxy) is 3. The molecule has 2 amide bonds. The van der Waals surface area contributed by atoms with E-state index in [1.807, 2.05) is 60.5 Å². The number of aliphatic hydroxyl groups excluding tert-OH is 2. The van der Waals surface area contributed by atoms with Crippen molar-refractivity contribution in [3.8, 4) is 11.5 Å². The van der Waals surface area contributed by atoms with E-state index >= 15 is 0 Å². The number of nitrogens with one attached hydrogen (secondary N) is 3. The molecule has 2 aromatic heterocycles. The summed E-state index contributed by atoms with van der Waals surface area (Å²) in [5.41, 5.74) is 3.48. The van der Waals surface area contributed by atoms with Crippen LogP contribution in [-0.2, 0) is 16.7 Å². The molecule has 0 unspecified atom stereocenters. The number of urea groups is 1. The van der Waals surface area contributed by atoms with Gasteiger partial charge in [0.25, 0.3) is 0 Å². The largest absolute Gasteiger partial charge is 0.497 e. The number of methoxy groups -OCH3 is 2. The molecule has 49 heavy (non-hydrogen) atoms. The summed E-state index contributed by atoms with van der Waals surface area (Å²) < 4.78 is 18.7. The van der Waals surface area contributed by atoms with Crippen LogP contribution in [0.25, 0.3) is 11.0 Å². The number of aliphatic hydroxyl groups is 2. The van der Waals surface area contributed by atoms with Crippen LogP contribution in [0.2, 0.25) is 0 Å². The van der Waals surface area contributed by atoms with Gasteiger partial charge >= 0.3 is 6.03 Å². The van der Waals surface area contributed by atoms with Crippen LogP contribution in [0.3, 0.4) is 0 Å². The number of hydrogen-bond acceptors (Lipinski definition) is 10. The maximum absolute atomic E-state index is 12.4. The summed E-state index contributed by atoms with van der Waals surface area (Å²) in [6, 6.07) is 15.1. The smallest absolute Gasteiger partial charge is 0.319 e. The van der Waals surface area contributed by atoms with Gasteiger partial charge in [0.1, 0.15) is 47.6 Å². The SMILES string of the molecule is COc1ccc(CNc2ncnc3c2ccn3[C@@H]2O[C@H](CN(C)CCCNC(=O)Nc3ccc(C(C)(C)C)cc3)[C@@H](O)[C@H]2O)c(OC)c1.Cl. The second kappa shape index (κ2) is 16.5. The Morgan fingerprint density at radius 1 is 1.04 bits per heavy atom. The Bertz CT molecular complexity index is 1680. The van der Waals surface area contributed by atoms with Crippen molar-refractivity contribution in [1.82, 2.24) is 24.8 Å². The topological polar surface area (TPSA) is 155 Å². The maximum Gasteiger partial charge on any atom is 0.319 e. The molecule has 0 bridgehead atoms. The fourth-order valence-corrected chi connectivity index (χ4v) is 5.78. The van der Waals surface area contributed by atoms with Crippen molar-refractivity contribution >= 4 is 41.0 Å². The minimum atomic E-state index is -1.16. The van der Waals surface area contributed by atoms with Gasteiger partial charge in [0, 0.05) is 43.1 Å². The molecule has 0 aliphatic carbocycles. The van der Waals surface area contributed by atoms with Gasteiger partial charge in [-0.25, -0.2) is 14.8 Å². The van der Waals surface area contributed by atoms with Gasteiger partial charge in [-0.2, -0.15) is 0 Å². The predicted octanol–water partition coefficient (Wildman–Crippen LogP) is 4.54. The zero-order valence-electron chi connectivity index (χ0n) is 28.8. The summed E-state index contributed by atoms with van der Waals surface area (Å²) in [4.78, 5) is 23.3. The van der Waals surface area contributed by atoms with E-state index in [2.05, 4.69) is 46.7 Å². The average Bonchev–Trinajstić information content (AvgIpc) is 3.62. The number of nitrogens with zero attached hydrogens (tertiary/aromatic N) is 4. The molecule has 266 valence electrons. The normalized spacial score (nSPS) is 19.0. The highest BCUT2D eigenvalue weighted by Crippen LogP contribution is 2.34. The lowest BCUT2D eigenvalue weighted by Crippen LogP contribution is -2.39. The van der Waals surface area contributed by atoms with Gasteiger partial charge in [-0.05, 0) is 61.3 Å². The summed E-state index contributed by atoms with van der Waals surface area (Å²) >= 11 is 0. The highest BCUT2D eigenvalue weighted by molar-refractivity contribution is 5.89. The highest BCUT2D eigenvalue weighted by Gasteiger charge is 2.44. The number of aromatic nitrogens is 3. The molecule has 4 aromatic rings. The molecule has 0 saturated carbocycles. The third-order valence-electron chi connectivity index (χ3n) is 8.56. The predicted molar refractivity (Wildman–Crippen MR) is 192 cm³/mol. The van der Waals surface area contributed by atoms with Gasteiger partial charge in [0.2, 0.25) is 0 Å². The van der Waals surface area contributed by atoms with Crippen molar-refractivity contribution in [2.75, 3.05) is 51.5 Å². The van der Waals surface area contributed by atoms with Crippen molar-refractivity contribution in [2.24, 2.45) is 0 Å². The number of carbonyl (C=O) groups is 1. The van der Waals surface area contributed by atoms with Crippen LogP contribution in [0.5, 0.6) is 11.5 Å². The zero-order valence-corrected chi connectivity index (χ0v) is 29.7. The fraction of sp³-hybridized carbons (Fsp3) is 0.457. The molecular formula is C35H48ClN7O6. The van der Waals surface area contributed by atoms with Crippen LogP contribution < -0.4 is 25.4 Å². The summed E-state index contributed by atoms with van der Waals surface area (Å²) in [6.45, 7) is 8.43. The van der Waals surface area contributed by atoms with Gasteiger partial charge in [-0.15, -0.1) is 12.4 Å². The van der Waals surface area contributed by atoms with Gasteiger partial charge < -0.3 is 49.8 Å². The summed E-state index contributed by atoms with van der Waals surface area (Å²) in [5.74, 6) is 2.01. The molecule has 2 aromatic carbocycles. The maximum atomic E-state index is 12.4. The first-order valence-electron chi connectivity index (χ1n) is 16.1. The van der Waals surface area contributed by atoms with E-state index < -0.39 is 24.5 Å². The van der Waals surface area contributed by atoms with Crippen LogP contribution >= 0.6 is 12.4 Å². The fourth-order valence-electron chi connectivity index (χ4n) is 5.78. The van der Waals surface area contributed by atoms with Crippen LogP contribution in [0.15, 0.2) is 61.1 Å². The van der Waals surface area contributed by atoms with Gasteiger partial charge in [0.05, 0.1) is 19.6 Å². The number of fused-ring (bicyclic) bond motifs is 1. The lowest BCUT2D eigenvalue weighted by molar-refractivity contribution is -0.0419. The number of amides is 2. The van der Waals surface area contributed by atoms with E-state index in [1.54, 1.807) is 25.0 Å². The molecule has 5 rings (SSSR count). The van der Waals surface area contributed by atoms with Crippen molar-refractivity contribution in [1.29, 1.82) is 0 Å². The standard InChI is InChI=1S/C35H47N7O6.ClH/c1-35(2,3)23-9-11-24(12-10-23)40-34(45)36-15-7-16-41(4)20-28-29(43)30(44)33(48-28)42-17-14-26-31(38-21-39-32(26)42)37-19-22-8-13-25(46-5)18-27(22)47-6;/h8-14,17-18,21,28-30,33,43-44H,7,15-16,19-20H2,1-6H3,(H2,36,40,45)(H,37,38,39);1H/t28-,29-,30-,33-;/m1./s1. The van der Waals surface area contributed by atoms with Crippen LogP contribution in [-0.4, -0.2) is 94.9 Å². The number of rotatable bonds is 13. The summed E-state index contributed by atoms with van der Waals surface area (Å²) in [5, 5.41) is 31.7. The molecule has 1 saturated heterocycles. The van der Waals surface area contributed by atoms with E-state index in [4.69, 9.17) is 14.2 Å². The van der Waals surface area contributed by atoms with Gasteiger partial charge in [0.15, 0.2) is 6.23 Å². The molecule has 4 atom stereocenters. The quantitative estimate of drug-likeness (QED) is 0.126. The van der Waals surface area contributed by atoms with Crippen molar-refractivity contribution in [2.45, 2.75) is 63.7 Å². The average molecular weight is 698 g/mol. The van der Waals surface area contributed by atoms with Crippen molar-refractivity contribution < 1.29 is 29.2 Å². The summed E-state index contributed by atoms with van der Waals surface area (Å²) in [7, 11) is 5.14. The Hall–Kier alpha value is -4.14. The zero-order chi connectivity index (χ0) is 34.4. The number of anilines is 2. The van der Waals surface area contributed by atoms with E-state index in [9.17, 15) is 15.0 Å². The number of halogens is 1. The highest BCUT2D eigenvalue weighted by atomic mass is 35.5. The van der Waals surface area contributed by atoms with Crippen LogP contribution in [0.4, 0.5) is 16.3 Å². The molecule has 0 radical (unpaired) electrons. The Labute approximate surface area is 293 Å². The Morgan fingerprint density at radius 3 is 2.49 bits per heavy atom. The first-order valence-corrected chi connectivity index (χ1v) is 16.1. The van der Waals surface area contributed by atoms with Crippen LogP contribution in [0.1, 0.15) is 44.5 Å². The number of likely N-dealkylation sites (N-methyl/N-ethyl adjacent to an activating group) is 1. The molecule has 0 spiro atoms. The molecular weight excluding hydrogens is 650 g/mol. The Morgan fingerprint density at radius 2 is 1.80 bits per heavy atom. The Kier molecular flexibility index (Phi) is 12.7. The number of carbonyl (C=O) groups excluding carboxylic acids is 1. The third kappa shape index (κ3) is 9.11. The third-order valence-corrected chi connectivity index (χ3v) is 8.56. The first kappa shape index (κ1) is 37.7. The second-order valence-electron chi connectivity index (χ2n) is 13.1. The van der Waals surface area contributed by atoms with E-state index in [0.717, 1.165) is 16.6 Å². The number of benzene rings is 2. The monoisotopic (exact) mass is 697 g/mol. The summed E-state index contributed by atoms with van der Waals surface area (Å²) in [6.07, 6.45) is 0.221. The van der Waals surface area contributed by atoms with E-state index in [0.29, 0.717) is 55.6 Å². The lowest BCUT2D eigenvalue weighted by atomic mass is 9.87. The molecule has 1 fully saturated rings. The van der Waals surface area contributed by atoms with Gasteiger partial charge in [-0.3, -0.25) is 0 Å². The lowest BCUT2D eigenvalue weighted by Gasteiger charge is -2.23. The van der Waals surface area contributed by atoms with Gasteiger partial charge in [-0.1, -0.05) is 32.9 Å². The van der Waals surface area contributed by atoms with Crippen LogP contribution in [0, 0.1) is 0 Å². The van der Waals surface area contributed by atoms with E-state index in [-0.39, 0.29) is 23.9 Å². The Balaban J connectivity index is 0.00000541. The first-order chi connectivity index (χ1) is 23.0. The van der Waals surface area contributed by atoms with Crippen molar-refractivity contribution in [3.05, 3.63) is 72.2 Å². The molecule has 1 aliphatic rings. The molecule has 14 heteroatoms. The second-order valence-corrected chi connectivity index (χ2v) is 13.1.